The number of carbonyl (C=O) groups excluding carboxylic acids is 2. The number of aromatic nitrogens is 1. The zero-order valence-corrected chi connectivity index (χ0v) is 13.8. The van der Waals surface area contributed by atoms with Crippen molar-refractivity contribution in [3.63, 3.8) is 0 Å². The zero-order valence-electron chi connectivity index (χ0n) is 12.2. The number of amides is 2. The van der Waals surface area contributed by atoms with Crippen LogP contribution in [0.2, 0.25) is 0 Å². The molecule has 0 saturated heterocycles. The zero-order chi connectivity index (χ0) is 17.9. The summed E-state index contributed by atoms with van der Waals surface area (Å²) in [4.78, 5) is 24.9. The molecule has 0 radical (unpaired) electrons. The van der Waals surface area contributed by atoms with E-state index < -0.39 is 29.2 Å². The molecule has 0 fully saturated rings. The average molecular weight is 404 g/mol. The number of rotatable bonds is 5. The topological polar surface area (TPSA) is 88.0 Å². The second-order valence-electron chi connectivity index (χ2n) is 4.95. The molecule has 5 nitrogen and oxygen atoms in total. The number of nitrogens with two attached hydrogens (primary N) is 1. The molecule has 24 heavy (non-hydrogen) atoms. The van der Waals surface area contributed by atoms with E-state index in [2.05, 4.69) is 26.2 Å². The van der Waals surface area contributed by atoms with E-state index in [9.17, 15) is 22.8 Å². The van der Waals surface area contributed by atoms with Crippen LogP contribution in [0.4, 0.5) is 13.2 Å². The van der Waals surface area contributed by atoms with E-state index in [1.54, 1.807) is 24.3 Å². The summed E-state index contributed by atoms with van der Waals surface area (Å²) < 4.78 is 40.3. The van der Waals surface area contributed by atoms with Gasteiger partial charge in [-0.25, -0.2) is 0 Å². The summed E-state index contributed by atoms with van der Waals surface area (Å²) in [7, 11) is 0. The number of nitrogens with one attached hydrogen (secondary N) is 2. The molecule has 1 heterocycles. The highest BCUT2D eigenvalue weighted by Crippen LogP contribution is 2.34. The second-order valence-corrected chi connectivity index (χ2v) is 5.86. The summed E-state index contributed by atoms with van der Waals surface area (Å²) in [6.07, 6.45) is -4.87. The number of halogens is 4. The Balaban J connectivity index is 2.33. The number of primary amides is 1. The fourth-order valence-electron chi connectivity index (χ4n) is 2.04. The standard InChI is InChI=1S/C15H13BrF3N3O2/c16-9-3-1-8(2-4-9)11-7-10(13(22-11)15(17,18)19)14(24)21-6-5-12(20)23/h1-4,7,22H,5-6H2,(H2,20,23)(H,21,24). The molecule has 9 heteroatoms. The lowest BCUT2D eigenvalue weighted by molar-refractivity contribution is -0.141. The highest BCUT2D eigenvalue weighted by atomic mass is 79.9. The molecule has 0 bridgehead atoms. The van der Waals surface area contributed by atoms with E-state index >= 15 is 0 Å². The molecule has 1 aromatic heterocycles. The highest BCUT2D eigenvalue weighted by molar-refractivity contribution is 9.10. The van der Waals surface area contributed by atoms with Crippen LogP contribution in [0.1, 0.15) is 22.5 Å². The molecule has 0 aliphatic rings. The average Bonchev–Trinajstić information content (AvgIpc) is 2.93. The van der Waals surface area contributed by atoms with Crippen LogP contribution >= 0.6 is 15.9 Å². The Labute approximate surface area is 143 Å². The molecule has 128 valence electrons. The number of carbonyl (C=O) groups is 2. The van der Waals surface area contributed by atoms with E-state index in [0.29, 0.717) is 5.56 Å². The van der Waals surface area contributed by atoms with Gasteiger partial charge >= 0.3 is 6.18 Å². The van der Waals surface area contributed by atoms with E-state index in [-0.39, 0.29) is 18.7 Å². The van der Waals surface area contributed by atoms with Gasteiger partial charge in [0.25, 0.3) is 5.91 Å². The Bertz CT molecular complexity index is 754. The Hall–Kier alpha value is -2.29. The quantitative estimate of drug-likeness (QED) is 0.716. The molecule has 0 aliphatic heterocycles. The Morgan fingerprint density at radius 3 is 2.38 bits per heavy atom. The van der Waals surface area contributed by atoms with Gasteiger partial charge in [-0.15, -0.1) is 0 Å². The van der Waals surface area contributed by atoms with Gasteiger partial charge in [0.05, 0.1) is 5.56 Å². The van der Waals surface area contributed by atoms with Crippen molar-refractivity contribution in [3.05, 3.63) is 46.1 Å². The van der Waals surface area contributed by atoms with Crippen LogP contribution in [0, 0.1) is 0 Å². The van der Waals surface area contributed by atoms with Gasteiger partial charge in [-0.3, -0.25) is 9.59 Å². The van der Waals surface area contributed by atoms with Gasteiger partial charge in [0, 0.05) is 23.1 Å². The van der Waals surface area contributed by atoms with Crippen molar-refractivity contribution in [2.45, 2.75) is 12.6 Å². The molecule has 4 N–H and O–H groups in total. The SMILES string of the molecule is NC(=O)CCNC(=O)c1cc(-c2ccc(Br)cc2)[nH]c1C(F)(F)F. The van der Waals surface area contributed by atoms with E-state index in [0.717, 1.165) is 10.5 Å². The third kappa shape index (κ3) is 4.38. The summed E-state index contributed by atoms with van der Waals surface area (Å²) in [5.41, 5.74) is 3.91. The molecular weight excluding hydrogens is 391 g/mol. The van der Waals surface area contributed by atoms with Gasteiger partial charge < -0.3 is 16.0 Å². The summed E-state index contributed by atoms with van der Waals surface area (Å²) in [5.74, 6) is -1.58. The number of alkyl halides is 3. The van der Waals surface area contributed by atoms with Crippen molar-refractivity contribution in [2.75, 3.05) is 6.54 Å². The number of aromatic amines is 1. The van der Waals surface area contributed by atoms with Crippen molar-refractivity contribution in [1.82, 2.24) is 10.3 Å². The Kier molecular flexibility index (Phi) is 5.33. The molecule has 2 amide bonds. The molecule has 0 atom stereocenters. The first-order valence-electron chi connectivity index (χ1n) is 6.81. The van der Waals surface area contributed by atoms with E-state index in [1.165, 1.54) is 0 Å². The first-order chi connectivity index (χ1) is 11.2. The number of H-pyrrole nitrogens is 1. The third-order valence-electron chi connectivity index (χ3n) is 3.16. The Morgan fingerprint density at radius 1 is 1.21 bits per heavy atom. The van der Waals surface area contributed by atoms with Crippen LogP contribution in [-0.4, -0.2) is 23.3 Å². The van der Waals surface area contributed by atoms with Crippen molar-refractivity contribution in [3.8, 4) is 11.3 Å². The van der Waals surface area contributed by atoms with Crippen molar-refractivity contribution in [2.24, 2.45) is 5.73 Å². The maximum atomic E-state index is 13.2. The van der Waals surface area contributed by atoms with Crippen molar-refractivity contribution in [1.29, 1.82) is 0 Å². The monoisotopic (exact) mass is 403 g/mol. The van der Waals surface area contributed by atoms with E-state index in [4.69, 9.17) is 5.73 Å². The van der Waals surface area contributed by atoms with Gasteiger partial charge in [0.1, 0.15) is 5.69 Å². The molecule has 1 aromatic carbocycles. The maximum Gasteiger partial charge on any atom is 0.432 e. The fraction of sp³-hybridized carbons (Fsp3) is 0.200. The van der Waals surface area contributed by atoms with Gasteiger partial charge in [-0.05, 0) is 23.8 Å². The van der Waals surface area contributed by atoms with Crippen LogP contribution in [0.5, 0.6) is 0 Å². The first kappa shape index (κ1) is 18.1. The molecule has 2 aromatic rings. The second kappa shape index (κ2) is 7.08. The van der Waals surface area contributed by atoms with Gasteiger partial charge in [0.15, 0.2) is 0 Å². The van der Waals surface area contributed by atoms with Gasteiger partial charge in [0.2, 0.25) is 5.91 Å². The lowest BCUT2D eigenvalue weighted by atomic mass is 10.1. The highest BCUT2D eigenvalue weighted by Gasteiger charge is 2.37. The number of benzene rings is 1. The normalized spacial score (nSPS) is 11.3. The summed E-state index contributed by atoms with van der Waals surface area (Å²) >= 11 is 3.24. The lowest BCUT2D eigenvalue weighted by Gasteiger charge is -2.08. The summed E-state index contributed by atoms with van der Waals surface area (Å²) in [6, 6.07) is 7.72. The summed E-state index contributed by atoms with van der Waals surface area (Å²) in [5, 5.41) is 2.25. The predicted molar refractivity (Wildman–Crippen MR) is 85.1 cm³/mol. The first-order valence-corrected chi connectivity index (χ1v) is 7.60. The van der Waals surface area contributed by atoms with Crippen molar-refractivity contribution >= 4 is 27.7 Å². The minimum absolute atomic E-state index is 0.135. The number of hydrogen-bond donors (Lipinski definition) is 3. The third-order valence-corrected chi connectivity index (χ3v) is 3.69. The molecule has 0 spiro atoms. The van der Waals surface area contributed by atoms with Crippen LogP contribution < -0.4 is 11.1 Å². The largest absolute Gasteiger partial charge is 0.432 e. The molecule has 2 rings (SSSR count). The molecule has 0 saturated carbocycles. The number of hydrogen-bond acceptors (Lipinski definition) is 2. The lowest BCUT2D eigenvalue weighted by Crippen LogP contribution is -2.29. The molecule has 0 aliphatic carbocycles. The van der Waals surface area contributed by atoms with Crippen molar-refractivity contribution < 1.29 is 22.8 Å². The fourth-order valence-corrected chi connectivity index (χ4v) is 2.30. The van der Waals surface area contributed by atoms with E-state index in [1.807, 2.05) is 0 Å². The van der Waals surface area contributed by atoms with Crippen LogP contribution in [0.15, 0.2) is 34.8 Å². The molecular formula is C15H13BrF3N3O2. The molecule has 0 unspecified atom stereocenters. The maximum absolute atomic E-state index is 13.2. The Morgan fingerprint density at radius 2 is 1.83 bits per heavy atom. The predicted octanol–water partition coefficient (Wildman–Crippen LogP) is 3.07. The van der Waals surface area contributed by atoms with Crippen LogP contribution in [0.3, 0.4) is 0 Å². The van der Waals surface area contributed by atoms with Gasteiger partial charge in [-0.2, -0.15) is 13.2 Å². The minimum Gasteiger partial charge on any atom is -0.370 e. The minimum atomic E-state index is -4.72. The smallest absolute Gasteiger partial charge is 0.370 e. The van der Waals surface area contributed by atoms with Crippen LogP contribution in [0.25, 0.3) is 11.3 Å². The summed E-state index contributed by atoms with van der Waals surface area (Å²) in [6.45, 7) is -0.135. The van der Waals surface area contributed by atoms with Crippen LogP contribution in [-0.2, 0) is 11.0 Å². The van der Waals surface area contributed by atoms with Gasteiger partial charge in [-0.1, -0.05) is 28.1 Å².